The molecule has 84 valence electrons. The predicted octanol–water partition coefficient (Wildman–Crippen LogP) is 1.97. The smallest absolute Gasteiger partial charge is 0.0534 e. The van der Waals surface area contributed by atoms with Crippen molar-refractivity contribution in [3.63, 3.8) is 0 Å². The highest BCUT2D eigenvalue weighted by atomic mass is 15.3. The van der Waals surface area contributed by atoms with E-state index in [4.69, 9.17) is 5.73 Å². The minimum Gasteiger partial charge on any atom is -0.326 e. The highest BCUT2D eigenvalue weighted by molar-refractivity contribution is 5.14. The van der Waals surface area contributed by atoms with Crippen molar-refractivity contribution in [2.45, 2.75) is 25.9 Å². The molecule has 2 aromatic rings. The van der Waals surface area contributed by atoms with E-state index in [1.54, 1.807) is 0 Å². The lowest BCUT2D eigenvalue weighted by molar-refractivity contribution is 0.578. The van der Waals surface area contributed by atoms with E-state index >= 15 is 0 Å². The second kappa shape index (κ2) is 5.47. The Balaban J connectivity index is 1.80. The topological polar surface area (TPSA) is 43.8 Å². The summed E-state index contributed by atoms with van der Waals surface area (Å²) in [7, 11) is 0. The molecule has 16 heavy (non-hydrogen) atoms. The Morgan fingerprint density at radius 3 is 2.62 bits per heavy atom. The summed E-state index contributed by atoms with van der Waals surface area (Å²) in [5.74, 6) is 0. The van der Waals surface area contributed by atoms with Gasteiger partial charge in [0.15, 0.2) is 0 Å². The third-order valence-electron chi connectivity index (χ3n) is 2.62. The van der Waals surface area contributed by atoms with Crippen LogP contribution in [0.2, 0.25) is 0 Å². The van der Waals surface area contributed by atoms with Gasteiger partial charge in [0.2, 0.25) is 0 Å². The molecule has 1 heterocycles. The van der Waals surface area contributed by atoms with E-state index in [2.05, 4.69) is 29.4 Å². The molecule has 0 aliphatic carbocycles. The van der Waals surface area contributed by atoms with Crippen molar-refractivity contribution in [3.8, 4) is 0 Å². The van der Waals surface area contributed by atoms with Crippen LogP contribution in [0.15, 0.2) is 42.7 Å². The molecular weight excluding hydrogens is 198 g/mol. The number of aryl methyl sites for hydroxylation is 2. The van der Waals surface area contributed by atoms with Gasteiger partial charge < -0.3 is 5.73 Å². The van der Waals surface area contributed by atoms with Crippen LogP contribution >= 0.6 is 0 Å². The molecule has 3 heteroatoms. The molecule has 2 rings (SSSR count). The standard InChI is InChI=1S/C13H17N3/c14-9-13-10-15-16(11-13)8-4-7-12-5-2-1-3-6-12/h1-3,5-6,10-11H,4,7-9,14H2. The lowest BCUT2D eigenvalue weighted by Gasteiger charge is -2.01. The summed E-state index contributed by atoms with van der Waals surface area (Å²) in [5.41, 5.74) is 8.01. The predicted molar refractivity (Wildman–Crippen MR) is 64.9 cm³/mol. The molecule has 0 amide bonds. The van der Waals surface area contributed by atoms with Gasteiger partial charge in [-0.25, -0.2) is 0 Å². The Bertz CT molecular complexity index is 420. The van der Waals surface area contributed by atoms with E-state index in [1.165, 1.54) is 5.56 Å². The molecule has 0 bridgehead atoms. The monoisotopic (exact) mass is 215 g/mol. The van der Waals surface area contributed by atoms with Crippen LogP contribution in [0.3, 0.4) is 0 Å². The van der Waals surface area contributed by atoms with E-state index < -0.39 is 0 Å². The quantitative estimate of drug-likeness (QED) is 0.828. The summed E-state index contributed by atoms with van der Waals surface area (Å²) in [4.78, 5) is 0. The Labute approximate surface area is 95.9 Å². The zero-order chi connectivity index (χ0) is 11.2. The first-order valence-electron chi connectivity index (χ1n) is 5.64. The maximum atomic E-state index is 5.53. The first-order valence-corrected chi connectivity index (χ1v) is 5.64. The van der Waals surface area contributed by atoms with Crippen LogP contribution in [0.4, 0.5) is 0 Å². The summed E-state index contributed by atoms with van der Waals surface area (Å²) in [6.07, 6.45) is 6.06. The fraction of sp³-hybridized carbons (Fsp3) is 0.308. The summed E-state index contributed by atoms with van der Waals surface area (Å²) in [6, 6.07) is 10.5. The number of benzene rings is 1. The average Bonchev–Trinajstić information content (AvgIpc) is 2.78. The normalized spacial score (nSPS) is 10.6. The van der Waals surface area contributed by atoms with Crippen molar-refractivity contribution in [2.75, 3.05) is 0 Å². The number of hydrogen-bond acceptors (Lipinski definition) is 2. The molecule has 0 radical (unpaired) electrons. The Hall–Kier alpha value is -1.61. The van der Waals surface area contributed by atoms with Gasteiger partial charge in [-0.3, -0.25) is 4.68 Å². The molecule has 0 saturated carbocycles. The first kappa shape index (κ1) is 10.9. The maximum absolute atomic E-state index is 5.53. The van der Waals surface area contributed by atoms with Crippen LogP contribution in [-0.2, 0) is 19.5 Å². The van der Waals surface area contributed by atoms with E-state index in [-0.39, 0.29) is 0 Å². The van der Waals surface area contributed by atoms with Crippen molar-refractivity contribution >= 4 is 0 Å². The van der Waals surface area contributed by atoms with E-state index in [9.17, 15) is 0 Å². The van der Waals surface area contributed by atoms with Gasteiger partial charge in [-0.2, -0.15) is 5.10 Å². The zero-order valence-electron chi connectivity index (χ0n) is 9.34. The molecule has 0 unspecified atom stereocenters. The van der Waals surface area contributed by atoms with Crippen molar-refractivity contribution in [1.82, 2.24) is 9.78 Å². The van der Waals surface area contributed by atoms with Gasteiger partial charge in [-0.15, -0.1) is 0 Å². The van der Waals surface area contributed by atoms with Crippen LogP contribution in [0.1, 0.15) is 17.5 Å². The molecule has 3 nitrogen and oxygen atoms in total. The SMILES string of the molecule is NCc1cnn(CCCc2ccccc2)c1. The minimum absolute atomic E-state index is 0.568. The Morgan fingerprint density at radius 2 is 1.94 bits per heavy atom. The van der Waals surface area contributed by atoms with Crippen LogP contribution in [0.25, 0.3) is 0 Å². The minimum atomic E-state index is 0.568. The molecule has 0 spiro atoms. The third kappa shape index (κ3) is 2.94. The van der Waals surface area contributed by atoms with Crippen LogP contribution in [-0.4, -0.2) is 9.78 Å². The van der Waals surface area contributed by atoms with Crippen molar-refractivity contribution in [3.05, 3.63) is 53.9 Å². The largest absolute Gasteiger partial charge is 0.326 e. The zero-order valence-corrected chi connectivity index (χ0v) is 9.34. The fourth-order valence-electron chi connectivity index (χ4n) is 1.72. The van der Waals surface area contributed by atoms with Crippen molar-refractivity contribution in [2.24, 2.45) is 5.73 Å². The molecule has 0 saturated heterocycles. The maximum Gasteiger partial charge on any atom is 0.0534 e. The fourth-order valence-corrected chi connectivity index (χ4v) is 1.72. The first-order chi connectivity index (χ1) is 7.88. The van der Waals surface area contributed by atoms with Gasteiger partial charge in [0.1, 0.15) is 0 Å². The summed E-state index contributed by atoms with van der Waals surface area (Å²) < 4.78 is 1.96. The Kier molecular flexibility index (Phi) is 3.72. The van der Waals surface area contributed by atoms with E-state index in [0.29, 0.717) is 6.54 Å². The third-order valence-corrected chi connectivity index (χ3v) is 2.62. The molecule has 0 fully saturated rings. The molecule has 0 atom stereocenters. The molecule has 0 aliphatic heterocycles. The van der Waals surface area contributed by atoms with Gasteiger partial charge in [-0.05, 0) is 18.4 Å². The number of rotatable bonds is 5. The summed E-state index contributed by atoms with van der Waals surface area (Å²) >= 11 is 0. The highest BCUT2D eigenvalue weighted by Gasteiger charge is 1.97. The molecule has 1 aromatic heterocycles. The number of hydrogen-bond donors (Lipinski definition) is 1. The van der Waals surface area contributed by atoms with Crippen molar-refractivity contribution in [1.29, 1.82) is 0 Å². The molecule has 2 N–H and O–H groups in total. The van der Waals surface area contributed by atoms with Crippen LogP contribution in [0.5, 0.6) is 0 Å². The van der Waals surface area contributed by atoms with E-state index in [0.717, 1.165) is 24.9 Å². The molecular formula is C13H17N3. The Morgan fingerprint density at radius 1 is 1.12 bits per heavy atom. The van der Waals surface area contributed by atoms with Gasteiger partial charge in [0.05, 0.1) is 6.20 Å². The second-order valence-electron chi connectivity index (χ2n) is 3.90. The number of nitrogens with zero attached hydrogens (tertiary/aromatic N) is 2. The second-order valence-corrected chi connectivity index (χ2v) is 3.90. The van der Waals surface area contributed by atoms with Crippen molar-refractivity contribution < 1.29 is 0 Å². The van der Waals surface area contributed by atoms with Crippen LogP contribution in [0, 0.1) is 0 Å². The number of aromatic nitrogens is 2. The van der Waals surface area contributed by atoms with Gasteiger partial charge in [0.25, 0.3) is 0 Å². The summed E-state index contributed by atoms with van der Waals surface area (Å²) in [5, 5.41) is 4.25. The average molecular weight is 215 g/mol. The van der Waals surface area contributed by atoms with Gasteiger partial charge in [-0.1, -0.05) is 30.3 Å². The molecule has 0 aliphatic rings. The lowest BCUT2D eigenvalue weighted by Crippen LogP contribution is -2.00. The van der Waals surface area contributed by atoms with Crippen LogP contribution < -0.4 is 5.73 Å². The highest BCUT2D eigenvalue weighted by Crippen LogP contribution is 2.04. The van der Waals surface area contributed by atoms with Gasteiger partial charge >= 0.3 is 0 Å². The number of nitrogens with two attached hydrogens (primary N) is 1. The van der Waals surface area contributed by atoms with Gasteiger partial charge in [0, 0.05) is 24.8 Å². The summed E-state index contributed by atoms with van der Waals surface area (Å²) in [6.45, 7) is 1.52. The molecule has 1 aromatic carbocycles. The van der Waals surface area contributed by atoms with E-state index in [1.807, 2.05) is 23.1 Å². The lowest BCUT2D eigenvalue weighted by atomic mass is 10.1.